The van der Waals surface area contributed by atoms with Crippen LogP contribution in [0.3, 0.4) is 0 Å². The van der Waals surface area contributed by atoms with Gasteiger partial charge in [0.1, 0.15) is 6.61 Å². The molecule has 13 heavy (non-hydrogen) atoms. The fourth-order valence-electron chi connectivity index (χ4n) is 1.44. The molecule has 0 aromatic heterocycles. The van der Waals surface area contributed by atoms with E-state index in [1.54, 1.807) is 0 Å². The fourth-order valence-corrected chi connectivity index (χ4v) is 1.44. The van der Waals surface area contributed by atoms with Crippen LogP contribution < -0.4 is 0 Å². The molecule has 1 heterocycles. The first-order valence-corrected chi connectivity index (χ1v) is 4.84. The third-order valence-electron chi connectivity index (χ3n) is 3.09. The van der Waals surface area contributed by atoms with Crippen LogP contribution in [-0.2, 0) is 9.53 Å². The second-order valence-electron chi connectivity index (χ2n) is 4.41. The Morgan fingerprint density at radius 1 is 1.46 bits per heavy atom. The van der Waals surface area contributed by atoms with Crippen LogP contribution in [-0.4, -0.2) is 36.1 Å². The van der Waals surface area contributed by atoms with Crippen LogP contribution in [0.4, 0.5) is 0 Å². The first-order chi connectivity index (χ1) is 5.96. The zero-order valence-corrected chi connectivity index (χ0v) is 8.96. The molecule has 1 fully saturated rings. The van der Waals surface area contributed by atoms with Gasteiger partial charge in [0.05, 0.1) is 6.61 Å². The van der Waals surface area contributed by atoms with Crippen molar-refractivity contribution in [3.8, 4) is 0 Å². The summed E-state index contributed by atoms with van der Waals surface area (Å²) < 4.78 is 5.10. The maximum atomic E-state index is 11.5. The summed E-state index contributed by atoms with van der Waals surface area (Å²) in [6, 6.07) is 0. The zero-order valence-electron chi connectivity index (χ0n) is 8.96. The first-order valence-electron chi connectivity index (χ1n) is 4.84. The number of nitrogens with zero attached hydrogens (tertiary/aromatic N) is 1. The lowest BCUT2D eigenvalue weighted by molar-refractivity contribution is -0.151. The highest BCUT2D eigenvalue weighted by Gasteiger charge is 2.34. The van der Waals surface area contributed by atoms with Gasteiger partial charge in [-0.05, 0) is 19.8 Å². The van der Waals surface area contributed by atoms with Gasteiger partial charge >= 0.3 is 0 Å². The molecule has 3 heteroatoms. The summed E-state index contributed by atoms with van der Waals surface area (Å²) in [5.41, 5.74) is -0.0547. The lowest BCUT2D eigenvalue weighted by Gasteiger charge is -2.43. The van der Waals surface area contributed by atoms with Crippen LogP contribution in [0.5, 0.6) is 0 Å². The number of rotatable bonds is 2. The average Bonchev–Trinajstić information content (AvgIpc) is 2.04. The normalized spacial score (nSPS) is 19.8. The summed E-state index contributed by atoms with van der Waals surface area (Å²) in [4.78, 5) is 13.5. The summed E-state index contributed by atoms with van der Waals surface area (Å²) in [6.45, 7) is 10.1. The Morgan fingerprint density at radius 3 is 2.54 bits per heavy atom. The van der Waals surface area contributed by atoms with Gasteiger partial charge in [0, 0.05) is 12.1 Å². The molecule has 76 valence electrons. The van der Waals surface area contributed by atoms with E-state index in [9.17, 15) is 4.79 Å². The minimum atomic E-state index is -0.0547. The second kappa shape index (κ2) is 3.66. The fraction of sp³-hybridized carbons (Fsp3) is 0.900. The summed E-state index contributed by atoms with van der Waals surface area (Å²) in [7, 11) is 0. The maximum absolute atomic E-state index is 11.5. The number of carbonyl (C=O) groups is 1. The Morgan fingerprint density at radius 2 is 2.08 bits per heavy atom. The van der Waals surface area contributed by atoms with E-state index in [-0.39, 0.29) is 18.1 Å². The summed E-state index contributed by atoms with van der Waals surface area (Å²) in [5, 5.41) is 0. The van der Waals surface area contributed by atoms with Crippen molar-refractivity contribution in [2.45, 2.75) is 33.2 Å². The molecule has 0 aromatic rings. The molecule has 1 rings (SSSR count). The van der Waals surface area contributed by atoms with Crippen molar-refractivity contribution in [1.29, 1.82) is 0 Å². The Bertz CT molecular complexity index is 199. The predicted octanol–water partition coefficient (Wildman–Crippen LogP) is 1.28. The molecule has 1 aliphatic rings. The molecule has 1 aliphatic heterocycles. The minimum Gasteiger partial charge on any atom is -0.370 e. The number of amides is 1. The molecule has 0 N–H and O–H groups in total. The van der Waals surface area contributed by atoms with Gasteiger partial charge < -0.3 is 9.64 Å². The van der Waals surface area contributed by atoms with E-state index in [0.717, 1.165) is 6.54 Å². The molecule has 0 unspecified atom stereocenters. The van der Waals surface area contributed by atoms with Crippen molar-refractivity contribution in [2.75, 3.05) is 19.8 Å². The van der Waals surface area contributed by atoms with Crippen molar-refractivity contribution in [2.24, 2.45) is 5.92 Å². The Balaban J connectivity index is 2.73. The third kappa shape index (κ3) is 2.02. The van der Waals surface area contributed by atoms with E-state index in [1.165, 1.54) is 0 Å². The Labute approximate surface area is 80.1 Å². The standard InChI is InChI=1S/C10H19NO2/c1-8(2)10(3,4)11-5-6-13-7-9(11)12/h8H,5-7H2,1-4H3. The molecule has 0 aromatic carbocycles. The predicted molar refractivity (Wildman–Crippen MR) is 51.4 cm³/mol. The summed E-state index contributed by atoms with van der Waals surface area (Å²) in [5.74, 6) is 0.583. The third-order valence-corrected chi connectivity index (χ3v) is 3.09. The van der Waals surface area contributed by atoms with Crippen LogP contribution >= 0.6 is 0 Å². The van der Waals surface area contributed by atoms with Crippen molar-refractivity contribution in [1.82, 2.24) is 4.90 Å². The minimum absolute atomic E-state index is 0.0547. The highest BCUT2D eigenvalue weighted by atomic mass is 16.5. The highest BCUT2D eigenvalue weighted by molar-refractivity contribution is 5.78. The monoisotopic (exact) mass is 185 g/mol. The average molecular weight is 185 g/mol. The molecule has 0 aliphatic carbocycles. The van der Waals surface area contributed by atoms with Gasteiger partial charge in [-0.25, -0.2) is 0 Å². The molecule has 1 amide bonds. The summed E-state index contributed by atoms with van der Waals surface area (Å²) >= 11 is 0. The number of carbonyl (C=O) groups excluding carboxylic acids is 1. The molecule has 0 bridgehead atoms. The quantitative estimate of drug-likeness (QED) is 0.648. The molecular formula is C10H19NO2. The molecular weight excluding hydrogens is 166 g/mol. The lowest BCUT2D eigenvalue weighted by atomic mass is 9.88. The van der Waals surface area contributed by atoms with E-state index < -0.39 is 0 Å². The molecule has 0 radical (unpaired) electrons. The van der Waals surface area contributed by atoms with Gasteiger partial charge in [-0.1, -0.05) is 13.8 Å². The topological polar surface area (TPSA) is 29.5 Å². The molecule has 0 spiro atoms. The van der Waals surface area contributed by atoms with Crippen molar-refractivity contribution < 1.29 is 9.53 Å². The Kier molecular flexibility index (Phi) is 2.96. The van der Waals surface area contributed by atoms with Gasteiger partial charge in [-0.15, -0.1) is 0 Å². The zero-order chi connectivity index (χ0) is 10.1. The largest absolute Gasteiger partial charge is 0.370 e. The van der Waals surface area contributed by atoms with E-state index >= 15 is 0 Å². The van der Waals surface area contributed by atoms with Crippen molar-refractivity contribution in [3.63, 3.8) is 0 Å². The smallest absolute Gasteiger partial charge is 0.249 e. The SMILES string of the molecule is CC(C)C(C)(C)N1CCOCC1=O. The van der Waals surface area contributed by atoms with E-state index in [2.05, 4.69) is 27.7 Å². The van der Waals surface area contributed by atoms with E-state index in [4.69, 9.17) is 4.74 Å². The molecule has 3 nitrogen and oxygen atoms in total. The molecule has 0 saturated carbocycles. The maximum Gasteiger partial charge on any atom is 0.249 e. The molecule has 0 atom stereocenters. The lowest BCUT2D eigenvalue weighted by Crippen LogP contribution is -2.55. The van der Waals surface area contributed by atoms with E-state index in [1.807, 2.05) is 4.90 Å². The van der Waals surface area contributed by atoms with Gasteiger partial charge in [-0.2, -0.15) is 0 Å². The number of hydrogen-bond acceptors (Lipinski definition) is 2. The van der Waals surface area contributed by atoms with Crippen LogP contribution in [0.1, 0.15) is 27.7 Å². The number of hydrogen-bond donors (Lipinski definition) is 0. The van der Waals surface area contributed by atoms with Crippen LogP contribution in [0.25, 0.3) is 0 Å². The van der Waals surface area contributed by atoms with Gasteiger partial charge in [-0.3, -0.25) is 4.79 Å². The van der Waals surface area contributed by atoms with Gasteiger partial charge in [0.15, 0.2) is 0 Å². The first kappa shape index (κ1) is 10.5. The summed E-state index contributed by atoms with van der Waals surface area (Å²) in [6.07, 6.45) is 0. The number of morpholine rings is 1. The van der Waals surface area contributed by atoms with Gasteiger partial charge in [0.25, 0.3) is 0 Å². The van der Waals surface area contributed by atoms with E-state index in [0.29, 0.717) is 12.5 Å². The molecule has 1 saturated heterocycles. The van der Waals surface area contributed by atoms with Crippen molar-refractivity contribution >= 4 is 5.91 Å². The van der Waals surface area contributed by atoms with Crippen LogP contribution in [0.15, 0.2) is 0 Å². The Hall–Kier alpha value is -0.570. The number of ether oxygens (including phenoxy) is 1. The van der Waals surface area contributed by atoms with Crippen molar-refractivity contribution in [3.05, 3.63) is 0 Å². The van der Waals surface area contributed by atoms with Gasteiger partial charge in [0.2, 0.25) is 5.91 Å². The van der Waals surface area contributed by atoms with Crippen LogP contribution in [0, 0.1) is 5.92 Å². The highest BCUT2D eigenvalue weighted by Crippen LogP contribution is 2.25. The van der Waals surface area contributed by atoms with Crippen LogP contribution in [0.2, 0.25) is 0 Å². The second-order valence-corrected chi connectivity index (χ2v) is 4.41.